The van der Waals surface area contributed by atoms with Gasteiger partial charge in [-0.15, -0.1) is 6.82 Å². The van der Waals surface area contributed by atoms with Crippen LogP contribution in [0, 0.1) is 0 Å². The molecule has 0 amide bonds. The van der Waals surface area contributed by atoms with E-state index < -0.39 is 0 Å². The van der Waals surface area contributed by atoms with Crippen molar-refractivity contribution in [3.63, 3.8) is 0 Å². The molecule has 1 nitrogen and oxygen atoms in total. The molecule has 0 bridgehead atoms. The first-order chi connectivity index (χ1) is 3.15. The Morgan fingerprint density at radius 1 is 1.57 bits per heavy atom. The zero-order chi connectivity index (χ0) is 6.28. The topological polar surface area (TPSA) is 17.1 Å². The molecule has 0 aliphatic rings. The molecule has 7 heavy (non-hydrogen) atoms. The van der Waals surface area contributed by atoms with Gasteiger partial charge in [-0.1, -0.05) is 0 Å². The van der Waals surface area contributed by atoms with Gasteiger partial charge in [0.1, 0.15) is 6.29 Å². The summed E-state index contributed by atoms with van der Waals surface area (Å²) in [5.41, 5.74) is 0. The van der Waals surface area contributed by atoms with Gasteiger partial charge in [-0.05, 0) is 6.92 Å². The van der Waals surface area contributed by atoms with Crippen molar-refractivity contribution < 1.29 is 4.79 Å². The molecule has 0 fully saturated rings. The Morgan fingerprint density at radius 2 is 1.57 bits per heavy atom. The smallest absolute Gasteiger partial charge is 0.116 e. The highest BCUT2D eigenvalue weighted by atomic mass is 16.1. The number of carbonyl (C=O) groups is 1. The molecular weight excluding hydrogens is 84.5 g/mol. The van der Waals surface area contributed by atoms with Crippen molar-refractivity contribution in [2.24, 2.45) is 0 Å². The molecule has 0 rings (SSSR count). The van der Waals surface area contributed by atoms with E-state index in [0.29, 0.717) is 0 Å². The average Bonchev–Trinajstić information content (AvgIpc) is 1.33. The first kappa shape index (κ1) is 9.98. The predicted molar refractivity (Wildman–Crippen MR) is 34.9 cm³/mol. The fourth-order valence-corrected chi connectivity index (χ4v) is 0. The standard InChI is InChI=1S/C2H4O.CH3B3/c1-2-3;1-4(2)3/h2H,1H3;1H3. The molecule has 0 atom stereocenters. The Bertz CT molecular complexity index is 34.4. The van der Waals surface area contributed by atoms with E-state index in [4.69, 9.17) is 20.3 Å². The van der Waals surface area contributed by atoms with Crippen LogP contribution in [0.4, 0.5) is 0 Å². The highest BCUT2D eigenvalue weighted by Gasteiger charge is 1.74. The number of rotatable bonds is 0. The maximum Gasteiger partial charge on any atom is 0.116 e. The molecule has 0 aromatic carbocycles. The molecule has 4 radical (unpaired) electrons. The normalized spacial score (nSPS) is 5.43. The summed E-state index contributed by atoms with van der Waals surface area (Å²) in [4.78, 5) is 8.81. The van der Waals surface area contributed by atoms with E-state index in [2.05, 4.69) is 0 Å². The van der Waals surface area contributed by atoms with E-state index in [1.165, 1.54) is 6.92 Å². The minimum absolute atomic E-state index is 0.167. The zero-order valence-corrected chi connectivity index (χ0v) is 4.72. The van der Waals surface area contributed by atoms with Crippen molar-refractivity contribution in [3.8, 4) is 0 Å². The van der Waals surface area contributed by atoms with Crippen molar-refractivity contribution in [3.05, 3.63) is 0 Å². The number of hydrogen-bond acceptors (Lipinski definition) is 1. The van der Waals surface area contributed by atoms with Gasteiger partial charge in [-0.2, -0.15) is 0 Å². The third-order valence-electron chi connectivity index (χ3n) is 0. The number of carbonyl (C=O) groups excluding carboxylic acids is 1. The molecule has 34 valence electrons. The molecule has 0 spiro atoms. The van der Waals surface area contributed by atoms with Gasteiger partial charge in [0.15, 0.2) is 0 Å². The van der Waals surface area contributed by atoms with Crippen LogP contribution in [-0.4, -0.2) is 28.3 Å². The Kier molecular flexibility index (Phi) is 13.2. The maximum atomic E-state index is 8.81. The molecule has 0 aromatic rings. The van der Waals surface area contributed by atoms with E-state index in [-0.39, 0.29) is 6.49 Å². The van der Waals surface area contributed by atoms with Crippen LogP contribution in [0.3, 0.4) is 0 Å². The fraction of sp³-hybridized carbons (Fsp3) is 0.667. The van der Waals surface area contributed by atoms with Crippen molar-refractivity contribution in [1.29, 1.82) is 0 Å². The summed E-state index contributed by atoms with van der Waals surface area (Å²) in [5.74, 6) is 0. The third-order valence-corrected chi connectivity index (χ3v) is 0. The van der Waals surface area contributed by atoms with Gasteiger partial charge in [-0.3, -0.25) is 0 Å². The van der Waals surface area contributed by atoms with E-state index >= 15 is 0 Å². The zero-order valence-electron chi connectivity index (χ0n) is 4.72. The van der Waals surface area contributed by atoms with Crippen LogP contribution in [0.5, 0.6) is 0 Å². The van der Waals surface area contributed by atoms with Crippen LogP contribution >= 0.6 is 0 Å². The monoisotopic (exact) mass is 92.1 g/mol. The second-order valence-corrected chi connectivity index (χ2v) is 1.09. The van der Waals surface area contributed by atoms with Crippen LogP contribution in [0.1, 0.15) is 6.92 Å². The van der Waals surface area contributed by atoms with Crippen molar-refractivity contribution >= 4 is 28.3 Å². The Hall–Kier alpha value is -0.135. The van der Waals surface area contributed by atoms with Gasteiger partial charge >= 0.3 is 0 Å². The summed E-state index contributed by atoms with van der Waals surface area (Å²) in [6.45, 7) is 3.00. The summed E-state index contributed by atoms with van der Waals surface area (Å²) >= 11 is 0. The van der Waals surface area contributed by atoms with Crippen molar-refractivity contribution in [1.82, 2.24) is 0 Å². The van der Waals surface area contributed by atoms with Crippen molar-refractivity contribution in [2.75, 3.05) is 0 Å². The Morgan fingerprint density at radius 3 is 1.57 bits per heavy atom. The second kappa shape index (κ2) is 9.29. The number of hydrogen-bond donors (Lipinski definition) is 0. The molecule has 0 aromatic heterocycles. The van der Waals surface area contributed by atoms with Crippen LogP contribution in [-0.2, 0) is 4.79 Å². The molecule has 4 heteroatoms. The summed E-state index contributed by atoms with van der Waals surface area (Å²) in [7, 11) is 9.78. The van der Waals surface area contributed by atoms with Crippen LogP contribution in [0.15, 0.2) is 0 Å². The Balaban J connectivity index is 0. The minimum Gasteiger partial charge on any atom is -0.304 e. The molecule has 0 aliphatic heterocycles. The Labute approximate surface area is 47.7 Å². The molecule has 0 N–H and O–H groups in total. The van der Waals surface area contributed by atoms with Gasteiger partial charge in [0.05, 0.1) is 0 Å². The fourth-order valence-electron chi connectivity index (χ4n) is 0. The first-order valence-electron chi connectivity index (χ1n) is 2.06. The second-order valence-electron chi connectivity index (χ2n) is 1.09. The van der Waals surface area contributed by atoms with Gasteiger partial charge in [-0.25, -0.2) is 0 Å². The average molecular weight is 91.5 g/mol. The maximum absolute atomic E-state index is 8.81. The number of aldehydes is 1. The van der Waals surface area contributed by atoms with Gasteiger partial charge in [0, 0.05) is 22.0 Å². The lowest BCUT2D eigenvalue weighted by atomic mass is 9.21. The van der Waals surface area contributed by atoms with Gasteiger partial charge < -0.3 is 4.79 Å². The lowest BCUT2D eigenvalue weighted by Crippen LogP contribution is -2.03. The summed E-state index contributed by atoms with van der Waals surface area (Å²) in [6.07, 6.45) is 0.750. The SMILES string of the molecule is CC=O.[B]B([B])C. The van der Waals surface area contributed by atoms with Crippen molar-refractivity contribution in [2.45, 2.75) is 13.7 Å². The lowest BCUT2D eigenvalue weighted by Gasteiger charge is -1.72. The molecule has 0 unspecified atom stereocenters. The predicted octanol–water partition coefficient (Wildman–Crippen LogP) is -0.353. The van der Waals surface area contributed by atoms with Crippen LogP contribution in [0.25, 0.3) is 0 Å². The van der Waals surface area contributed by atoms with Gasteiger partial charge in [0.25, 0.3) is 0 Å². The van der Waals surface area contributed by atoms with E-state index in [1.54, 1.807) is 6.82 Å². The highest BCUT2D eigenvalue weighted by molar-refractivity contribution is 7.28. The summed E-state index contributed by atoms with van der Waals surface area (Å²) < 4.78 is 0. The van der Waals surface area contributed by atoms with E-state index in [0.717, 1.165) is 6.29 Å². The molecule has 0 saturated heterocycles. The minimum atomic E-state index is -0.167. The summed E-state index contributed by atoms with van der Waals surface area (Å²) in [6, 6.07) is 0. The quantitative estimate of drug-likeness (QED) is 0.294. The van der Waals surface area contributed by atoms with E-state index in [1.807, 2.05) is 0 Å². The third kappa shape index (κ3) is 4790. The van der Waals surface area contributed by atoms with E-state index in [9.17, 15) is 0 Å². The lowest BCUT2D eigenvalue weighted by molar-refractivity contribution is -0.106. The molecule has 0 heterocycles. The molecular formula is C3H7B3O. The van der Waals surface area contributed by atoms with Crippen LogP contribution < -0.4 is 0 Å². The first-order valence-corrected chi connectivity index (χ1v) is 2.06. The largest absolute Gasteiger partial charge is 0.304 e. The highest BCUT2D eigenvalue weighted by Crippen LogP contribution is 1.48. The molecule has 0 saturated carbocycles. The van der Waals surface area contributed by atoms with Gasteiger partial charge in [0.2, 0.25) is 0 Å². The summed E-state index contributed by atoms with van der Waals surface area (Å²) in [5, 5.41) is 0. The molecule has 0 aliphatic carbocycles. The van der Waals surface area contributed by atoms with Crippen LogP contribution in [0.2, 0.25) is 6.82 Å².